The van der Waals surface area contributed by atoms with Crippen molar-refractivity contribution < 1.29 is 4.43 Å². The van der Waals surface area contributed by atoms with Crippen LogP contribution in [0.25, 0.3) is 0 Å². The van der Waals surface area contributed by atoms with E-state index in [1.54, 1.807) is 0 Å². The smallest absolute Gasteiger partial charge is 0.164 e. The monoisotopic (exact) mass is 133 g/mol. The highest BCUT2D eigenvalue weighted by Crippen LogP contribution is 1.98. The van der Waals surface area contributed by atoms with E-state index in [4.69, 9.17) is 9.83 Å². The van der Waals surface area contributed by atoms with Gasteiger partial charge in [-0.1, -0.05) is 0 Å². The van der Waals surface area contributed by atoms with Gasteiger partial charge in [0.25, 0.3) is 0 Å². The van der Waals surface area contributed by atoms with E-state index in [1.807, 2.05) is 0 Å². The van der Waals surface area contributed by atoms with E-state index >= 15 is 0 Å². The van der Waals surface area contributed by atoms with Crippen LogP contribution < -0.4 is 5.40 Å². The van der Waals surface area contributed by atoms with Crippen LogP contribution in [0.3, 0.4) is 0 Å². The predicted molar refractivity (Wildman–Crippen MR) is 35.3 cm³/mol. The minimum absolute atomic E-state index is 0.150. The van der Waals surface area contributed by atoms with Crippen LogP contribution in [0, 0.1) is 0 Å². The normalized spacial score (nSPS) is 36.4. The Morgan fingerprint density at radius 2 is 2.57 bits per heavy atom. The van der Waals surface area contributed by atoms with E-state index in [0.29, 0.717) is 0 Å². The molecule has 1 heterocycles. The van der Waals surface area contributed by atoms with Crippen LogP contribution in [0.4, 0.5) is 0 Å². The Labute approximate surface area is 47.5 Å². The average molecular weight is 133 g/mol. The summed E-state index contributed by atoms with van der Waals surface area (Å²) in [7, 11) is -0.828. The highest BCUT2D eigenvalue weighted by Gasteiger charge is 2.09. The summed E-state index contributed by atoms with van der Waals surface area (Å²) in [4.78, 5) is 0. The maximum Gasteiger partial charge on any atom is 0.164 e. The number of rotatable bonds is 0. The van der Waals surface area contributed by atoms with Crippen LogP contribution in [-0.4, -0.2) is 24.4 Å². The third-order valence-electron chi connectivity index (χ3n) is 1.20. The van der Waals surface area contributed by atoms with Gasteiger partial charge >= 0.3 is 0 Å². The fourth-order valence-corrected chi connectivity index (χ4v) is 5.07. The molecule has 0 bridgehead atoms. The van der Waals surface area contributed by atoms with Gasteiger partial charge in [-0.3, -0.25) is 0 Å². The lowest BCUT2D eigenvalue weighted by Gasteiger charge is -2.14. The molecular formula is C3H11NOSi2. The van der Waals surface area contributed by atoms with E-state index in [9.17, 15) is 0 Å². The first-order chi connectivity index (χ1) is 3.39. The molecule has 0 spiro atoms. The second-order valence-electron chi connectivity index (χ2n) is 1.98. The largest absolute Gasteiger partial charge is 0.426 e. The fourth-order valence-electron chi connectivity index (χ4n) is 0.766. The average Bonchev–Trinajstić information content (AvgIpc) is 1.69. The molecule has 1 saturated heterocycles. The third-order valence-corrected chi connectivity index (χ3v) is 6.51. The lowest BCUT2D eigenvalue weighted by molar-refractivity contribution is 0.335. The van der Waals surface area contributed by atoms with E-state index in [1.165, 1.54) is 12.5 Å². The first-order valence-corrected chi connectivity index (χ1v) is 8.05. The van der Waals surface area contributed by atoms with Crippen LogP contribution in [0.15, 0.2) is 0 Å². The standard InChI is InChI=1S/C3H11NOSi2/c4-7-3-1-2-5-6-7/h7H,1-4,6H2. The van der Waals surface area contributed by atoms with Gasteiger partial charge in [-0.2, -0.15) is 0 Å². The molecule has 1 aliphatic rings. The van der Waals surface area contributed by atoms with Crippen LogP contribution in [0.2, 0.25) is 6.04 Å². The van der Waals surface area contributed by atoms with Gasteiger partial charge in [0.2, 0.25) is 0 Å². The molecule has 2 N–H and O–H groups in total. The van der Waals surface area contributed by atoms with Gasteiger partial charge in [-0.15, -0.1) is 0 Å². The topological polar surface area (TPSA) is 35.2 Å². The first kappa shape index (κ1) is 5.49. The zero-order valence-electron chi connectivity index (χ0n) is 4.39. The van der Waals surface area contributed by atoms with Crippen molar-refractivity contribution in [2.75, 3.05) is 6.61 Å². The van der Waals surface area contributed by atoms with Crippen molar-refractivity contribution >= 4 is 17.8 Å². The van der Waals surface area contributed by atoms with Crippen molar-refractivity contribution in [1.29, 1.82) is 0 Å². The molecule has 1 unspecified atom stereocenters. The molecular weight excluding hydrogens is 122 g/mol. The maximum atomic E-state index is 5.71. The minimum atomic E-state index is -0.678. The second-order valence-corrected chi connectivity index (χ2v) is 8.96. The second kappa shape index (κ2) is 2.61. The molecule has 0 radical (unpaired) electrons. The van der Waals surface area contributed by atoms with Crippen molar-refractivity contribution in [3.05, 3.63) is 0 Å². The third kappa shape index (κ3) is 1.73. The number of hydrogen-bond donors (Lipinski definition) is 1. The predicted octanol–water partition coefficient (Wildman–Crippen LogP) is -1.33. The molecule has 0 aromatic carbocycles. The first-order valence-electron chi connectivity index (χ1n) is 2.73. The van der Waals surface area contributed by atoms with Crippen molar-refractivity contribution in [3.63, 3.8) is 0 Å². The summed E-state index contributed by atoms with van der Waals surface area (Å²) in [5, 5.41) is 5.71. The Hall–Kier alpha value is 0.354. The molecule has 0 amide bonds. The molecule has 4 heteroatoms. The Morgan fingerprint density at radius 1 is 1.71 bits per heavy atom. The van der Waals surface area contributed by atoms with Gasteiger partial charge in [0.15, 0.2) is 9.28 Å². The molecule has 2 nitrogen and oxygen atoms in total. The van der Waals surface area contributed by atoms with Gasteiger partial charge in [0, 0.05) is 6.61 Å². The minimum Gasteiger partial charge on any atom is -0.426 e. The van der Waals surface area contributed by atoms with Crippen LogP contribution in [0.1, 0.15) is 6.42 Å². The lowest BCUT2D eigenvalue weighted by atomic mass is 10.5. The van der Waals surface area contributed by atoms with Crippen LogP contribution >= 0.6 is 0 Å². The molecule has 0 saturated carbocycles. The molecule has 0 aromatic heterocycles. The molecule has 1 aliphatic heterocycles. The molecule has 1 atom stereocenters. The van der Waals surface area contributed by atoms with Crippen molar-refractivity contribution in [3.8, 4) is 0 Å². The summed E-state index contributed by atoms with van der Waals surface area (Å²) >= 11 is 0. The molecule has 1 fully saturated rings. The molecule has 0 aliphatic carbocycles. The molecule has 1 rings (SSSR count). The number of nitrogens with two attached hydrogens (primary N) is 1. The fraction of sp³-hybridized carbons (Fsp3) is 1.00. The molecule has 42 valence electrons. The van der Waals surface area contributed by atoms with E-state index in [-0.39, 0.29) is 9.28 Å². The summed E-state index contributed by atoms with van der Waals surface area (Å²) < 4.78 is 5.26. The van der Waals surface area contributed by atoms with Crippen molar-refractivity contribution in [2.45, 2.75) is 12.5 Å². The van der Waals surface area contributed by atoms with E-state index in [2.05, 4.69) is 0 Å². The zero-order valence-corrected chi connectivity index (χ0v) is 6.96. The Bertz CT molecular complexity index is 54.9. The molecule has 0 aromatic rings. The SMILES string of the molecule is N[SiH]1CCCO[SiH2]1. The Balaban J connectivity index is 2.12. The van der Waals surface area contributed by atoms with Crippen LogP contribution in [-0.2, 0) is 4.43 Å². The van der Waals surface area contributed by atoms with Crippen LogP contribution in [0.5, 0.6) is 0 Å². The van der Waals surface area contributed by atoms with E-state index < -0.39 is 8.48 Å². The Morgan fingerprint density at radius 3 is 2.86 bits per heavy atom. The van der Waals surface area contributed by atoms with Gasteiger partial charge in [0.1, 0.15) is 8.48 Å². The van der Waals surface area contributed by atoms with E-state index in [0.717, 1.165) is 6.61 Å². The van der Waals surface area contributed by atoms with Gasteiger partial charge in [-0.25, -0.2) is 0 Å². The van der Waals surface area contributed by atoms with Crippen molar-refractivity contribution in [1.82, 2.24) is 0 Å². The number of hydrogen-bond acceptors (Lipinski definition) is 2. The highest BCUT2D eigenvalue weighted by atomic mass is 29.2. The van der Waals surface area contributed by atoms with Gasteiger partial charge in [0.05, 0.1) is 0 Å². The summed E-state index contributed by atoms with van der Waals surface area (Å²) in [6, 6.07) is 1.34. The van der Waals surface area contributed by atoms with Gasteiger partial charge < -0.3 is 9.83 Å². The Kier molecular flexibility index (Phi) is 2.05. The zero-order chi connectivity index (χ0) is 5.11. The quantitative estimate of drug-likeness (QED) is 0.416. The summed E-state index contributed by atoms with van der Waals surface area (Å²) in [5.74, 6) is 0. The maximum absolute atomic E-state index is 5.71. The lowest BCUT2D eigenvalue weighted by Crippen LogP contribution is -2.38. The summed E-state index contributed by atoms with van der Waals surface area (Å²) in [5.41, 5.74) is 0. The summed E-state index contributed by atoms with van der Waals surface area (Å²) in [6.07, 6.45) is 1.24. The van der Waals surface area contributed by atoms with Gasteiger partial charge in [-0.05, 0) is 12.5 Å². The summed E-state index contributed by atoms with van der Waals surface area (Å²) in [6.45, 7) is 1.01. The van der Waals surface area contributed by atoms with Crippen molar-refractivity contribution in [2.24, 2.45) is 5.40 Å². The molecule has 7 heavy (non-hydrogen) atoms. The highest BCUT2D eigenvalue weighted by molar-refractivity contribution is 7.08.